The monoisotopic (exact) mass is 691 g/mol. The van der Waals surface area contributed by atoms with E-state index < -0.39 is 67.9 Å². The number of aliphatic hydroxyl groups excluding tert-OH is 6. The molecule has 49 heavy (non-hydrogen) atoms. The number of carbonyl (C=O) groups is 1. The Morgan fingerprint density at radius 1 is 0.878 bits per heavy atom. The highest BCUT2D eigenvalue weighted by Gasteiger charge is 2.48. The van der Waals surface area contributed by atoms with Crippen molar-refractivity contribution in [2.75, 3.05) is 32.9 Å². The van der Waals surface area contributed by atoms with Gasteiger partial charge in [0.2, 0.25) is 6.29 Å². The van der Waals surface area contributed by atoms with Crippen LogP contribution in [0.2, 0.25) is 0 Å². The molecule has 1 aromatic carbocycles. The summed E-state index contributed by atoms with van der Waals surface area (Å²) >= 11 is 0. The van der Waals surface area contributed by atoms with E-state index >= 15 is 0 Å². The predicted octanol–water partition coefficient (Wildman–Crippen LogP) is 0.987. The lowest BCUT2D eigenvalue weighted by Gasteiger charge is -2.43. The standard InChI is InChI=1S/C36H53NO12/c1-19(2)7-9-21-14-24(34(44)45-17-23-11-13-37-12-5-6-25(23)37)15-22(10-8-20(3)4)33(21)49-35-31(42)29(40)27(18-46-35)48-36-32(43)30(41)28(39)26(16-38)47-36/h7-8,14-15,23,25-32,35-36,38-43H,5-6,9-13,16-18H2,1-4H3/t23-,25+,26-,27+,28-,29+,30+,31-,32-,35+,36+/m1/s1. The number of benzene rings is 1. The van der Waals surface area contributed by atoms with Gasteiger partial charge in [0.25, 0.3) is 0 Å². The summed E-state index contributed by atoms with van der Waals surface area (Å²) in [6.07, 6.45) is -5.16. The molecule has 13 nitrogen and oxygen atoms in total. The minimum absolute atomic E-state index is 0.283. The normalized spacial score (nSPS) is 34.7. The van der Waals surface area contributed by atoms with Crippen LogP contribution in [0.15, 0.2) is 35.4 Å². The van der Waals surface area contributed by atoms with E-state index in [2.05, 4.69) is 4.90 Å². The lowest BCUT2D eigenvalue weighted by molar-refractivity contribution is -0.338. The molecule has 4 aliphatic rings. The molecule has 4 fully saturated rings. The fourth-order valence-corrected chi connectivity index (χ4v) is 7.06. The SMILES string of the molecule is CC(C)=CCc1cc(C(=O)OC[C@H]2CCN3CCC[C@@H]23)cc(CC=C(C)C)c1O[C@@H]1OC[C@H](O[C@@H]2O[C@H](CO)[C@@H](O)[C@H](O)[C@H]2O)[C@H](O)[C@H]1O. The van der Waals surface area contributed by atoms with Gasteiger partial charge in [-0.05, 0) is 96.1 Å². The van der Waals surface area contributed by atoms with Crippen LogP contribution in [0.3, 0.4) is 0 Å². The molecule has 0 radical (unpaired) electrons. The van der Waals surface area contributed by atoms with Gasteiger partial charge in [0, 0.05) is 12.0 Å². The van der Waals surface area contributed by atoms with Crippen molar-refractivity contribution < 1.29 is 59.1 Å². The number of hydrogen-bond donors (Lipinski definition) is 6. The molecule has 6 N–H and O–H groups in total. The Morgan fingerprint density at radius 2 is 1.53 bits per heavy atom. The summed E-state index contributed by atoms with van der Waals surface area (Å²) in [4.78, 5) is 16.0. The number of esters is 1. The Kier molecular flexibility index (Phi) is 12.9. The van der Waals surface area contributed by atoms with E-state index in [9.17, 15) is 35.4 Å². The zero-order valence-electron chi connectivity index (χ0n) is 28.8. The van der Waals surface area contributed by atoms with Gasteiger partial charge in [0.15, 0.2) is 6.29 Å². The van der Waals surface area contributed by atoms with Crippen molar-refractivity contribution >= 4 is 5.97 Å². The first-order chi connectivity index (χ1) is 23.4. The lowest BCUT2D eigenvalue weighted by Crippen LogP contribution is -2.62. The second kappa shape index (κ2) is 16.7. The Hall–Kier alpha value is -2.43. The second-order valence-corrected chi connectivity index (χ2v) is 14.2. The molecule has 0 bridgehead atoms. The number of rotatable bonds is 12. The number of aliphatic hydroxyl groups is 6. The highest BCUT2D eigenvalue weighted by atomic mass is 16.7. The van der Waals surface area contributed by atoms with Gasteiger partial charge in [0.05, 0.1) is 25.4 Å². The molecule has 4 aliphatic heterocycles. The molecule has 4 saturated heterocycles. The van der Waals surface area contributed by atoms with Crippen LogP contribution in [0.1, 0.15) is 68.4 Å². The highest BCUT2D eigenvalue weighted by Crippen LogP contribution is 2.35. The van der Waals surface area contributed by atoms with Gasteiger partial charge in [-0.15, -0.1) is 0 Å². The van der Waals surface area contributed by atoms with Crippen LogP contribution in [0.5, 0.6) is 5.75 Å². The average Bonchev–Trinajstić information content (AvgIpc) is 3.70. The van der Waals surface area contributed by atoms with Crippen molar-refractivity contribution in [1.29, 1.82) is 0 Å². The van der Waals surface area contributed by atoms with Gasteiger partial charge < -0.3 is 54.3 Å². The first-order valence-corrected chi connectivity index (χ1v) is 17.3. The predicted molar refractivity (Wildman–Crippen MR) is 177 cm³/mol. The van der Waals surface area contributed by atoms with Gasteiger partial charge in [-0.1, -0.05) is 23.3 Å². The van der Waals surface area contributed by atoms with Crippen LogP contribution < -0.4 is 4.74 Å². The number of fused-ring (bicyclic) bond motifs is 1. The summed E-state index contributed by atoms with van der Waals surface area (Å²) in [5.74, 6) is 0.333. The third-order valence-electron chi connectivity index (χ3n) is 9.94. The molecule has 1 aromatic rings. The summed E-state index contributed by atoms with van der Waals surface area (Å²) in [6.45, 7) is 9.48. The van der Waals surface area contributed by atoms with Crippen molar-refractivity contribution in [2.45, 2.75) is 121 Å². The van der Waals surface area contributed by atoms with Gasteiger partial charge in [-0.3, -0.25) is 4.90 Å². The van der Waals surface area contributed by atoms with Crippen molar-refractivity contribution in [3.05, 3.63) is 52.1 Å². The zero-order chi connectivity index (χ0) is 35.4. The third kappa shape index (κ3) is 8.90. The van der Waals surface area contributed by atoms with Crippen LogP contribution in [0.25, 0.3) is 0 Å². The Bertz CT molecular complexity index is 1300. The number of nitrogens with zero attached hydrogens (tertiary/aromatic N) is 1. The molecule has 0 saturated carbocycles. The maximum atomic E-state index is 13.5. The molecule has 0 spiro atoms. The first kappa shape index (κ1) is 37.8. The van der Waals surface area contributed by atoms with Gasteiger partial charge in [0.1, 0.15) is 48.5 Å². The number of carbonyl (C=O) groups excluding carboxylic acids is 1. The van der Waals surface area contributed by atoms with E-state index in [1.54, 1.807) is 12.1 Å². The van der Waals surface area contributed by atoms with E-state index in [0.717, 1.165) is 37.1 Å². The van der Waals surface area contributed by atoms with Crippen molar-refractivity contribution in [3.8, 4) is 5.75 Å². The zero-order valence-corrected chi connectivity index (χ0v) is 28.8. The molecule has 0 unspecified atom stereocenters. The number of ether oxygens (including phenoxy) is 5. The smallest absolute Gasteiger partial charge is 0.338 e. The molecule has 0 aliphatic carbocycles. The van der Waals surface area contributed by atoms with E-state index in [1.165, 1.54) is 6.42 Å². The van der Waals surface area contributed by atoms with Crippen molar-refractivity contribution in [3.63, 3.8) is 0 Å². The summed E-state index contributed by atoms with van der Waals surface area (Å²) in [6, 6.07) is 3.97. The van der Waals surface area contributed by atoms with E-state index in [1.807, 2.05) is 39.8 Å². The Balaban J connectivity index is 1.34. The minimum atomic E-state index is -1.69. The molecule has 13 heteroatoms. The molecule has 0 amide bonds. The molecule has 5 rings (SSSR count). The third-order valence-corrected chi connectivity index (χ3v) is 9.94. The number of allylic oxidation sites excluding steroid dienone is 4. The molecular formula is C36H53NO12. The van der Waals surface area contributed by atoms with E-state index in [0.29, 0.717) is 53.8 Å². The largest absolute Gasteiger partial charge is 0.462 e. The van der Waals surface area contributed by atoms with Gasteiger partial charge in [-0.2, -0.15) is 0 Å². The molecule has 274 valence electrons. The van der Waals surface area contributed by atoms with Gasteiger partial charge in [-0.25, -0.2) is 4.79 Å². The number of hydrogen-bond acceptors (Lipinski definition) is 13. The summed E-state index contributed by atoms with van der Waals surface area (Å²) in [5, 5.41) is 62.2. The summed E-state index contributed by atoms with van der Waals surface area (Å²) in [5.41, 5.74) is 3.89. The molecular weight excluding hydrogens is 638 g/mol. The second-order valence-electron chi connectivity index (χ2n) is 14.2. The van der Waals surface area contributed by atoms with Crippen LogP contribution in [0, 0.1) is 5.92 Å². The topological polar surface area (TPSA) is 188 Å². The lowest BCUT2D eigenvalue weighted by atomic mass is 9.97. The average molecular weight is 692 g/mol. The first-order valence-electron chi connectivity index (χ1n) is 17.3. The molecule has 0 aromatic heterocycles. The Morgan fingerprint density at radius 3 is 2.16 bits per heavy atom. The summed E-state index contributed by atoms with van der Waals surface area (Å²) < 4.78 is 29.1. The van der Waals surface area contributed by atoms with Gasteiger partial charge >= 0.3 is 5.97 Å². The van der Waals surface area contributed by atoms with E-state index in [4.69, 9.17) is 23.7 Å². The van der Waals surface area contributed by atoms with Crippen LogP contribution in [-0.2, 0) is 31.8 Å². The van der Waals surface area contributed by atoms with Crippen LogP contribution in [0.4, 0.5) is 0 Å². The van der Waals surface area contributed by atoms with Crippen LogP contribution in [-0.4, -0.2) is 136 Å². The highest BCUT2D eigenvalue weighted by molar-refractivity contribution is 5.90. The summed E-state index contributed by atoms with van der Waals surface area (Å²) in [7, 11) is 0. The quantitative estimate of drug-likeness (QED) is 0.135. The minimum Gasteiger partial charge on any atom is -0.462 e. The molecule has 11 atom stereocenters. The van der Waals surface area contributed by atoms with E-state index in [-0.39, 0.29) is 6.61 Å². The maximum absolute atomic E-state index is 13.5. The Labute approximate surface area is 287 Å². The van der Waals surface area contributed by atoms with Crippen molar-refractivity contribution in [2.24, 2.45) is 5.92 Å². The van der Waals surface area contributed by atoms with Crippen LogP contribution >= 0.6 is 0 Å². The molecule has 4 heterocycles. The fourth-order valence-electron chi connectivity index (χ4n) is 7.06. The van der Waals surface area contributed by atoms with Crippen molar-refractivity contribution in [1.82, 2.24) is 4.90 Å². The fraction of sp³-hybridized carbons (Fsp3) is 0.694. The maximum Gasteiger partial charge on any atom is 0.338 e.